The normalized spacial score (nSPS) is 14.6. The summed E-state index contributed by atoms with van der Waals surface area (Å²) >= 11 is 0. The van der Waals surface area contributed by atoms with E-state index >= 15 is 0 Å². The van der Waals surface area contributed by atoms with Crippen LogP contribution in [0.4, 0.5) is 0 Å². The topological polar surface area (TPSA) is 50.8 Å². The number of carbonyl (C=O) groups excluding carboxylic acids is 1. The van der Waals surface area contributed by atoms with Gasteiger partial charge in [-0.05, 0) is 37.0 Å². The zero-order valence-electron chi connectivity index (χ0n) is 15.4. The molecule has 6 heteroatoms. The minimum atomic E-state index is 0. The number of hydrogen-bond acceptors (Lipinski definition) is 4. The summed E-state index contributed by atoms with van der Waals surface area (Å²) in [6.07, 6.45) is 5.01. The fourth-order valence-electron chi connectivity index (χ4n) is 2.88. The van der Waals surface area contributed by atoms with E-state index in [1.165, 1.54) is 6.42 Å². The van der Waals surface area contributed by atoms with Crippen LogP contribution in [0.5, 0.6) is 11.5 Å². The molecule has 0 saturated carbocycles. The number of rotatable bonds is 9. The van der Waals surface area contributed by atoms with Crippen LogP contribution in [0.3, 0.4) is 0 Å². The maximum atomic E-state index is 12.0. The largest absolute Gasteiger partial charge is 0.493 e. The van der Waals surface area contributed by atoms with E-state index in [1.807, 2.05) is 23.1 Å². The van der Waals surface area contributed by atoms with Gasteiger partial charge < -0.3 is 19.7 Å². The number of hydrogen-bond donors (Lipinski definition) is 1. The predicted octanol–water partition coefficient (Wildman–Crippen LogP) is 3.40. The second-order valence-electron chi connectivity index (χ2n) is 6.20. The molecule has 1 aromatic carbocycles. The number of halogens is 1. The summed E-state index contributed by atoms with van der Waals surface area (Å²) in [5.41, 5.74) is 1.16. The fraction of sp³-hybridized carbons (Fsp3) is 0.632. The van der Waals surface area contributed by atoms with Crippen molar-refractivity contribution in [1.82, 2.24) is 10.2 Å². The van der Waals surface area contributed by atoms with Crippen LogP contribution in [0.25, 0.3) is 0 Å². The molecule has 1 fully saturated rings. The summed E-state index contributed by atoms with van der Waals surface area (Å²) in [6.45, 7) is 6.02. The first-order valence-corrected chi connectivity index (χ1v) is 9.02. The fourth-order valence-corrected chi connectivity index (χ4v) is 2.88. The van der Waals surface area contributed by atoms with Crippen LogP contribution in [0, 0.1) is 0 Å². The lowest BCUT2D eigenvalue weighted by Crippen LogP contribution is -2.36. The molecule has 0 unspecified atom stereocenters. The van der Waals surface area contributed by atoms with Crippen LogP contribution in [-0.4, -0.2) is 44.2 Å². The number of methoxy groups -OCH3 is 1. The number of carbonyl (C=O) groups is 1. The Bertz CT molecular complexity index is 525. The third kappa shape index (κ3) is 7.12. The van der Waals surface area contributed by atoms with Crippen molar-refractivity contribution in [2.24, 2.45) is 0 Å². The Hall–Kier alpha value is -1.46. The predicted molar refractivity (Wildman–Crippen MR) is 103 cm³/mol. The van der Waals surface area contributed by atoms with E-state index in [-0.39, 0.29) is 12.4 Å². The van der Waals surface area contributed by atoms with E-state index in [4.69, 9.17) is 9.47 Å². The summed E-state index contributed by atoms with van der Waals surface area (Å²) in [6, 6.07) is 6.01. The minimum absolute atomic E-state index is 0. The number of nitrogens with one attached hydrogen (secondary N) is 1. The first-order valence-electron chi connectivity index (χ1n) is 9.02. The first-order chi connectivity index (χ1) is 11.7. The van der Waals surface area contributed by atoms with Crippen molar-refractivity contribution in [3.63, 3.8) is 0 Å². The highest BCUT2D eigenvalue weighted by Crippen LogP contribution is 2.28. The molecule has 0 atom stereocenters. The molecule has 0 aliphatic carbocycles. The Morgan fingerprint density at radius 2 is 2.04 bits per heavy atom. The van der Waals surface area contributed by atoms with Crippen LogP contribution in [0.1, 0.15) is 44.6 Å². The van der Waals surface area contributed by atoms with Gasteiger partial charge in [0.1, 0.15) is 0 Å². The molecule has 5 nitrogen and oxygen atoms in total. The Labute approximate surface area is 157 Å². The van der Waals surface area contributed by atoms with Gasteiger partial charge in [-0.2, -0.15) is 0 Å². The molecular formula is C19H31ClN2O3. The van der Waals surface area contributed by atoms with Crippen LogP contribution in [0.2, 0.25) is 0 Å². The summed E-state index contributed by atoms with van der Waals surface area (Å²) in [4.78, 5) is 14.0. The minimum Gasteiger partial charge on any atom is -0.493 e. The molecule has 2 rings (SSSR count). The number of likely N-dealkylation sites (tertiary alicyclic amines) is 1. The smallest absolute Gasteiger partial charge is 0.222 e. The Balaban J connectivity index is 0.00000312. The molecule has 1 aliphatic heterocycles. The lowest BCUT2D eigenvalue weighted by molar-refractivity contribution is -0.130. The maximum absolute atomic E-state index is 12.0. The second-order valence-corrected chi connectivity index (χ2v) is 6.20. The maximum Gasteiger partial charge on any atom is 0.222 e. The molecule has 1 saturated heterocycles. The van der Waals surface area contributed by atoms with E-state index < -0.39 is 0 Å². The summed E-state index contributed by atoms with van der Waals surface area (Å²) < 4.78 is 11.1. The van der Waals surface area contributed by atoms with E-state index in [0.717, 1.165) is 62.5 Å². The molecule has 1 aliphatic rings. The van der Waals surface area contributed by atoms with Gasteiger partial charge in [-0.15, -0.1) is 12.4 Å². The zero-order valence-corrected chi connectivity index (χ0v) is 16.2. The van der Waals surface area contributed by atoms with Gasteiger partial charge in [0.05, 0.1) is 13.7 Å². The van der Waals surface area contributed by atoms with Crippen molar-refractivity contribution in [3.05, 3.63) is 23.8 Å². The standard InChI is InChI=1S/C19H30N2O3.ClH/c1-3-13-24-18-14-16(8-9-17(18)23-2)15-20-10-12-21-11-6-4-5-7-19(21)22;/h8-9,14,20H,3-7,10-13,15H2,1-2H3;1H. The van der Waals surface area contributed by atoms with Crippen molar-refractivity contribution in [3.8, 4) is 11.5 Å². The monoisotopic (exact) mass is 370 g/mol. The average Bonchev–Trinajstić information content (AvgIpc) is 2.81. The molecule has 1 heterocycles. The zero-order chi connectivity index (χ0) is 17.2. The van der Waals surface area contributed by atoms with E-state index in [0.29, 0.717) is 18.9 Å². The molecule has 1 N–H and O–H groups in total. The van der Waals surface area contributed by atoms with Gasteiger partial charge in [-0.25, -0.2) is 0 Å². The van der Waals surface area contributed by atoms with Gasteiger partial charge in [-0.3, -0.25) is 4.79 Å². The van der Waals surface area contributed by atoms with E-state index in [9.17, 15) is 4.79 Å². The molecule has 1 aromatic rings. The van der Waals surface area contributed by atoms with Gasteiger partial charge in [0.15, 0.2) is 11.5 Å². The molecule has 0 spiro atoms. The summed E-state index contributed by atoms with van der Waals surface area (Å²) in [5.74, 6) is 1.86. The second kappa shape index (κ2) is 12.0. The van der Waals surface area contributed by atoms with Gasteiger partial charge in [0.25, 0.3) is 0 Å². The van der Waals surface area contributed by atoms with Gasteiger partial charge >= 0.3 is 0 Å². The van der Waals surface area contributed by atoms with Gasteiger partial charge in [0, 0.05) is 32.6 Å². The number of amides is 1. The highest BCUT2D eigenvalue weighted by molar-refractivity contribution is 5.85. The number of benzene rings is 1. The third-order valence-electron chi connectivity index (χ3n) is 4.25. The van der Waals surface area contributed by atoms with Crippen molar-refractivity contribution in [2.45, 2.75) is 45.6 Å². The summed E-state index contributed by atoms with van der Waals surface area (Å²) in [5, 5.41) is 3.42. The lowest BCUT2D eigenvalue weighted by atomic mass is 10.2. The molecule has 0 bridgehead atoms. The lowest BCUT2D eigenvalue weighted by Gasteiger charge is -2.20. The Morgan fingerprint density at radius 1 is 1.20 bits per heavy atom. The Morgan fingerprint density at radius 3 is 2.80 bits per heavy atom. The van der Waals surface area contributed by atoms with Crippen molar-refractivity contribution in [2.75, 3.05) is 33.4 Å². The molecule has 25 heavy (non-hydrogen) atoms. The van der Waals surface area contributed by atoms with Gasteiger partial charge in [0.2, 0.25) is 5.91 Å². The van der Waals surface area contributed by atoms with Gasteiger partial charge in [-0.1, -0.05) is 19.4 Å². The number of nitrogens with zero attached hydrogens (tertiary/aromatic N) is 1. The van der Waals surface area contributed by atoms with Crippen LogP contribution >= 0.6 is 12.4 Å². The van der Waals surface area contributed by atoms with Crippen molar-refractivity contribution >= 4 is 18.3 Å². The van der Waals surface area contributed by atoms with Crippen LogP contribution < -0.4 is 14.8 Å². The molecule has 1 amide bonds. The molecule has 0 radical (unpaired) electrons. The molecule has 142 valence electrons. The van der Waals surface area contributed by atoms with Crippen LogP contribution in [-0.2, 0) is 11.3 Å². The molecule has 0 aromatic heterocycles. The Kier molecular flexibility index (Phi) is 10.3. The molecular weight excluding hydrogens is 340 g/mol. The number of ether oxygens (including phenoxy) is 2. The summed E-state index contributed by atoms with van der Waals surface area (Å²) in [7, 11) is 1.66. The third-order valence-corrected chi connectivity index (χ3v) is 4.25. The van der Waals surface area contributed by atoms with Crippen LogP contribution in [0.15, 0.2) is 18.2 Å². The quantitative estimate of drug-likeness (QED) is 0.677. The first kappa shape index (κ1) is 21.6. The van der Waals surface area contributed by atoms with Crippen molar-refractivity contribution < 1.29 is 14.3 Å². The SMILES string of the molecule is CCCOc1cc(CNCCN2CCCCCC2=O)ccc1OC.Cl. The van der Waals surface area contributed by atoms with Crippen molar-refractivity contribution in [1.29, 1.82) is 0 Å². The highest BCUT2D eigenvalue weighted by atomic mass is 35.5. The van der Waals surface area contributed by atoms with E-state index in [1.54, 1.807) is 7.11 Å². The average molecular weight is 371 g/mol. The highest BCUT2D eigenvalue weighted by Gasteiger charge is 2.15. The van der Waals surface area contributed by atoms with E-state index in [2.05, 4.69) is 12.2 Å².